The van der Waals surface area contributed by atoms with E-state index in [4.69, 9.17) is 9.97 Å². The summed E-state index contributed by atoms with van der Waals surface area (Å²) in [7, 11) is 0. The van der Waals surface area contributed by atoms with Crippen molar-refractivity contribution >= 4 is 108 Å². The van der Waals surface area contributed by atoms with Gasteiger partial charge in [0.1, 0.15) is 0 Å². The summed E-state index contributed by atoms with van der Waals surface area (Å²) in [6.45, 7) is 0. The van der Waals surface area contributed by atoms with Crippen molar-refractivity contribution in [3.05, 3.63) is 303 Å². The third kappa shape index (κ3) is 7.50. The van der Waals surface area contributed by atoms with Crippen molar-refractivity contribution in [1.29, 1.82) is 0 Å². The van der Waals surface area contributed by atoms with Crippen LogP contribution in [0.1, 0.15) is 0 Å². The zero-order valence-corrected chi connectivity index (χ0v) is 46.7. The molecule has 0 saturated carbocycles. The lowest BCUT2D eigenvalue weighted by molar-refractivity contribution is 0.996. The van der Waals surface area contributed by atoms with Gasteiger partial charge in [0.25, 0.3) is 0 Å². The molecule has 0 unspecified atom stereocenters. The monoisotopic (exact) mass is 1090 g/mol. The van der Waals surface area contributed by atoms with E-state index < -0.39 is 0 Å². The van der Waals surface area contributed by atoms with E-state index in [1.165, 1.54) is 103 Å². The highest BCUT2D eigenvalue weighted by Gasteiger charge is 2.21. The Morgan fingerprint density at radius 3 is 0.919 bits per heavy atom. The number of aromatic nitrogens is 4. The summed E-state index contributed by atoms with van der Waals surface area (Å²) in [5.41, 5.74) is 16.3. The smallest absolute Gasteiger partial charge is 0.235 e. The molecule has 0 atom stereocenters. The fraction of sp³-hybridized carbons (Fsp3) is 0. The number of benzene rings is 15. The normalized spacial score (nSPS) is 12.0. The number of hydrogen-bond acceptors (Lipinski definition) is 2. The molecule has 0 radical (unpaired) electrons. The molecule has 3 heterocycles. The zero-order valence-electron chi connectivity index (χ0n) is 46.7. The molecule has 0 aliphatic carbocycles. The van der Waals surface area contributed by atoms with Crippen LogP contribution in [0.2, 0.25) is 0 Å². The number of hydrogen-bond donors (Lipinski definition) is 0. The van der Waals surface area contributed by atoms with Crippen molar-refractivity contribution in [2.75, 3.05) is 0 Å². The topological polar surface area (TPSA) is 35.6 Å². The van der Waals surface area contributed by atoms with Crippen LogP contribution in [0.4, 0.5) is 0 Å². The lowest BCUT2D eigenvalue weighted by atomic mass is 9.92. The maximum atomic E-state index is 5.64. The van der Waals surface area contributed by atoms with Crippen LogP contribution in [0.25, 0.3) is 176 Å². The van der Waals surface area contributed by atoms with Crippen molar-refractivity contribution in [2.24, 2.45) is 0 Å². The molecule has 0 N–H and O–H groups in total. The quantitative estimate of drug-likeness (QED) is 0.149. The number of nitrogens with zero attached hydrogens (tertiary/aromatic N) is 4. The Bertz CT molecular complexity index is 5530. The van der Waals surface area contributed by atoms with Gasteiger partial charge in [-0.1, -0.05) is 231 Å². The molecule has 398 valence electrons. The first kappa shape index (κ1) is 48.1. The summed E-state index contributed by atoms with van der Waals surface area (Å²) in [6, 6.07) is 111. The van der Waals surface area contributed by atoms with Gasteiger partial charge in [-0.05, 0) is 171 Å². The molecule has 18 aromatic rings. The van der Waals surface area contributed by atoms with E-state index in [2.05, 4.69) is 312 Å². The lowest BCUT2D eigenvalue weighted by Gasteiger charge is -2.15. The Balaban J connectivity index is 0.824. The SMILES string of the molecule is c1ccc(-c2cc(-c3ccccc3)cc(-n3c4ccccc4c4cc(-c5ccc6c(c5)c5ccccc5n6-c5nc(-c6ccc7c8ccccc8c8ccccc8c7c6)cc(-c6ccc7c8ccccc8c8ccccc8c7c6)n5)ccc43)c2)cc1. The van der Waals surface area contributed by atoms with Gasteiger partial charge >= 0.3 is 0 Å². The van der Waals surface area contributed by atoms with Crippen LogP contribution in [0.15, 0.2) is 303 Å². The van der Waals surface area contributed by atoms with Crippen LogP contribution in [-0.4, -0.2) is 19.1 Å². The first-order chi connectivity index (χ1) is 42.6. The largest absolute Gasteiger partial charge is 0.309 e. The summed E-state index contributed by atoms with van der Waals surface area (Å²) in [5, 5.41) is 19.5. The van der Waals surface area contributed by atoms with Gasteiger partial charge in [0.05, 0.1) is 33.5 Å². The third-order valence-electron chi connectivity index (χ3n) is 18.1. The van der Waals surface area contributed by atoms with Gasteiger partial charge in [0, 0.05) is 38.4 Å². The van der Waals surface area contributed by atoms with E-state index in [0.29, 0.717) is 5.95 Å². The predicted molar refractivity (Wildman–Crippen MR) is 363 cm³/mol. The van der Waals surface area contributed by atoms with Crippen LogP contribution in [-0.2, 0) is 0 Å². The molecular formula is C82H50N4. The lowest BCUT2D eigenvalue weighted by Crippen LogP contribution is -2.04. The van der Waals surface area contributed by atoms with E-state index in [1.54, 1.807) is 0 Å². The Morgan fingerprint density at radius 2 is 0.488 bits per heavy atom. The van der Waals surface area contributed by atoms with E-state index in [-0.39, 0.29) is 0 Å². The van der Waals surface area contributed by atoms with Gasteiger partial charge < -0.3 is 4.57 Å². The van der Waals surface area contributed by atoms with E-state index in [1.807, 2.05) is 0 Å². The Morgan fingerprint density at radius 1 is 0.174 bits per heavy atom. The Hall–Kier alpha value is -11.5. The minimum Gasteiger partial charge on any atom is -0.309 e. The molecule has 0 fully saturated rings. The third-order valence-corrected chi connectivity index (χ3v) is 18.1. The van der Waals surface area contributed by atoms with Gasteiger partial charge in [-0.15, -0.1) is 0 Å². The molecule has 0 aliphatic rings. The second-order valence-corrected chi connectivity index (χ2v) is 22.8. The van der Waals surface area contributed by atoms with Crippen molar-refractivity contribution in [3.63, 3.8) is 0 Å². The first-order valence-corrected chi connectivity index (χ1v) is 29.5. The molecule has 0 bridgehead atoms. The Kier molecular flexibility index (Phi) is 10.7. The average Bonchev–Trinajstić information content (AvgIpc) is 1.79. The summed E-state index contributed by atoms with van der Waals surface area (Å²) in [6.07, 6.45) is 0. The minimum absolute atomic E-state index is 0.615. The molecule has 0 saturated heterocycles. The molecule has 0 amide bonds. The van der Waals surface area contributed by atoms with Crippen molar-refractivity contribution < 1.29 is 0 Å². The molecule has 18 rings (SSSR count). The predicted octanol–water partition coefficient (Wildman–Crippen LogP) is 21.9. The van der Waals surface area contributed by atoms with Gasteiger partial charge in [0.15, 0.2) is 0 Å². The van der Waals surface area contributed by atoms with Crippen LogP contribution >= 0.6 is 0 Å². The summed E-state index contributed by atoms with van der Waals surface area (Å²) in [4.78, 5) is 11.3. The molecule has 4 heteroatoms. The number of para-hydroxylation sites is 2. The maximum Gasteiger partial charge on any atom is 0.235 e. The molecule has 3 aromatic heterocycles. The summed E-state index contributed by atoms with van der Waals surface area (Å²) < 4.78 is 4.72. The van der Waals surface area contributed by atoms with Gasteiger partial charge in [-0.3, -0.25) is 4.57 Å². The summed E-state index contributed by atoms with van der Waals surface area (Å²) in [5.74, 6) is 0.615. The van der Waals surface area contributed by atoms with Crippen molar-refractivity contribution in [1.82, 2.24) is 19.1 Å². The number of rotatable bonds is 7. The second kappa shape index (κ2) is 19.0. The number of fused-ring (bicyclic) bond motifs is 18. The molecule has 86 heavy (non-hydrogen) atoms. The van der Waals surface area contributed by atoms with E-state index in [0.717, 1.165) is 66.7 Å². The van der Waals surface area contributed by atoms with Crippen LogP contribution in [0.3, 0.4) is 0 Å². The molecule has 0 aliphatic heterocycles. The van der Waals surface area contributed by atoms with E-state index >= 15 is 0 Å². The summed E-state index contributed by atoms with van der Waals surface area (Å²) >= 11 is 0. The minimum atomic E-state index is 0.615. The standard InChI is InChI=1S/C82H50N4/c1-3-19-51(20-4-1)57-43-58(52-21-5-2-6-22-52)45-59(44-57)85-78-33-17-15-31-70(78)74-46-53(37-41-80(74)85)54-38-42-81-75(47-54)71-32-16-18-34-79(71)86(81)82-83-76(55-35-39-68-64-27-9-7-23-60(64)62-25-11-13-29-66(62)72(68)48-55)50-77(84-82)56-36-40-69-65-28-10-8-24-61(65)63-26-12-14-30-67(63)73(69)49-56/h1-50H. The van der Waals surface area contributed by atoms with Crippen LogP contribution in [0.5, 0.6) is 0 Å². The zero-order chi connectivity index (χ0) is 56.4. The molecule has 15 aromatic carbocycles. The molecule has 0 spiro atoms. The highest BCUT2D eigenvalue weighted by Crippen LogP contribution is 2.43. The highest BCUT2D eigenvalue weighted by atomic mass is 15.2. The maximum absolute atomic E-state index is 5.64. The Labute approximate surface area is 495 Å². The fourth-order valence-electron chi connectivity index (χ4n) is 14.1. The average molecular weight is 1090 g/mol. The van der Waals surface area contributed by atoms with E-state index in [9.17, 15) is 0 Å². The van der Waals surface area contributed by atoms with Crippen molar-refractivity contribution in [3.8, 4) is 67.5 Å². The molecular weight excluding hydrogens is 1040 g/mol. The van der Waals surface area contributed by atoms with Gasteiger partial charge in [-0.25, -0.2) is 9.97 Å². The first-order valence-electron chi connectivity index (χ1n) is 29.5. The fourth-order valence-corrected chi connectivity index (χ4v) is 14.1. The molecule has 4 nitrogen and oxygen atoms in total. The second-order valence-electron chi connectivity index (χ2n) is 22.8. The van der Waals surface area contributed by atoms with Crippen LogP contribution < -0.4 is 0 Å². The van der Waals surface area contributed by atoms with Gasteiger partial charge in [0.2, 0.25) is 5.95 Å². The van der Waals surface area contributed by atoms with Crippen LogP contribution in [0, 0.1) is 0 Å². The van der Waals surface area contributed by atoms with Gasteiger partial charge in [-0.2, -0.15) is 0 Å². The highest BCUT2D eigenvalue weighted by molar-refractivity contribution is 6.27. The van der Waals surface area contributed by atoms with Crippen molar-refractivity contribution in [2.45, 2.75) is 0 Å².